The predicted octanol–water partition coefficient (Wildman–Crippen LogP) is 1.48. The molecule has 1 aromatic rings. The van der Waals surface area contributed by atoms with Crippen LogP contribution in [-0.4, -0.2) is 37.0 Å². The van der Waals surface area contributed by atoms with E-state index in [1.165, 1.54) is 0 Å². The van der Waals surface area contributed by atoms with E-state index in [0.29, 0.717) is 12.5 Å². The lowest BCUT2D eigenvalue weighted by Gasteiger charge is -2.17. The quantitative estimate of drug-likeness (QED) is 0.886. The Kier molecular flexibility index (Phi) is 3.72. The number of benzene rings is 1. The number of nitrogens with zero attached hydrogens (tertiary/aromatic N) is 1. The largest absolute Gasteiger partial charge is 0.392 e. The third kappa shape index (κ3) is 2.42. The summed E-state index contributed by atoms with van der Waals surface area (Å²) in [7, 11) is -4.06. The molecule has 0 bridgehead atoms. The summed E-state index contributed by atoms with van der Waals surface area (Å²) < 4.78 is 51.7. The van der Waals surface area contributed by atoms with Crippen LogP contribution in [-0.2, 0) is 10.0 Å². The number of aliphatic hydroxyl groups excluding tert-OH is 1. The van der Waals surface area contributed by atoms with Crippen molar-refractivity contribution >= 4 is 26.0 Å². The molecule has 1 heterocycles. The molecule has 1 saturated heterocycles. The molecule has 0 aliphatic carbocycles. The SMILES string of the molecule is O=S(=O)(c1c(F)cc(F)cc1Br)N1CC[C@H](O)C1. The molecule has 0 unspecified atom stereocenters. The van der Waals surface area contributed by atoms with E-state index in [1.807, 2.05) is 0 Å². The van der Waals surface area contributed by atoms with Crippen LogP contribution in [0.25, 0.3) is 0 Å². The maximum Gasteiger partial charge on any atom is 0.247 e. The zero-order chi connectivity index (χ0) is 13.5. The molecule has 0 saturated carbocycles. The van der Waals surface area contributed by atoms with Crippen LogP contribution in [0.5, 0.6) is 0 Å². The summed E-state index contributed by atoms with van der Waals surface area (Å²) in [5, 5.41) is 9.32. The lowest BCUT2D eigenvalue weighted by molar-refractivity contribution is 0.189. The Hall–Kier alpha value is -0.570. The molecule has 100 valence electrons. The number of sulfonamides is 1. The monoisotopic (exact) mass is 341 g/mol. The molecular formula is C10H10BrF2NO3S. The fourth-order valence-corrected chi connectivity index (χ4v) is 4.44. The van der Waals surface area contributed by atoms with E-state index in [9.17, 15) is 22.3 Å². The molecule has 4 nitrogen and oxygen atoms in total. The first-order chi connectivity index (χ1) is 8.32. The van der Waals surface area contributed by atoms with Gasteiger partial charge in [0.2, 0.25) is 10.0 Å². The van der Waals surface area contributed by atoms with Gasteiger partial charge in [-0.15, -0.1) is 0 Å². The van der Waals surface area contributed by atoms with Crippen molar-refractivity contribution in [3.63, 3.8) is 0 Å². The summed E-state index contributed by atoms with van der Waals surface area (Å²) in [5.74, 6) is -2.01. The van der Waals surface area contributed by atoms with E-state index in [-0.39, 0.29) is 17.6 Å². The van der Waals surface area contributed by atoms with Crippen LogP contribution in [0.4, 0.5) is 8.78 Å². The zero-order valence-electron chi connectivity index (χ0n) is 9.11. The maximum absolute atomic E-state index is 13.6. The summed E-state index contributed by atoms with van der Waals surface area (Å²) in [4.78, 5) is -0.599. The van der Waals surface area contributed by atoms with Gasteiger partial charge in [-0.2, -0.15) is 4.31 Å². The Balaban J connectivity index is 2.48. The molecule has 1 fully saturated rings. The molecule has 1 N–H and O–H groups in total. The van der Waals surface area contributed by atoms with E-state index in [4.69, 9.17) is 0 Å². The average molecular weight is 342 g/mol. The Morgan fingerprint density at radius 2 is 2.06 bits per heavy atom. The molecule has 1 atom stereocenters. The number of aliphatic hydroxyl groups is 1. The van der Waals surface area contributed by atoms with Gasteiger partial charge in [0.05, 0.1) is 6.10 Å². The third-order valence-electron chi connectivity index (χ3n) is 2.69. The van der Waals surface area contributed by atoms with Crippen LogP contribution >= 0.6 is 15.9 Å². The minimum absolute atomic E-state index is 0.0778. The van der Waals surface area contributed by atoms with E-state index in [1.54, 1.807) is 0 Å². The second-order valence-corrected chi connectivity index (χ2v) is 6.73. The molecule has 0 amide bonds. The number of rotatable bonds is 2. The van der Waals surface area contributed by atoms with Crippen molar-refractivity contribution < 1.29 is 22.3 Å². The highest BCUT2D eigenvalue weighted by molar-refractivity contribution is 9.10. The molecule has 0 aromatic heterocycles. The van der Waals surface area contributed by atoms with E-state index in [0.717, 1.165) is 10.4 Å². The predicted molar refractivity (Wildman–Crippen MR) is 63.4 cm³/mol. The maximum atomic E-state index is 13.6. The number of hydrogen-bond donors (Lipinski definition) is 1. The average Bonchev–Trinajstić information content (AvgIpc) is 2.63. The first kappa shape index (κ1) is 13.9. The van der Waals surface area contributed by atoms with Gasteiger partial charge >= 0.3 is 0 Å². The summed E-state index contributed by atoms with van der Waals surface area (Å²) >= 11 is 2.85. The molecule has 0 radical (unpaired) electrons. The van der Waals surface area contributed by atoms with Gasteiger partial charge in [-0.3, -0.25) is 0 Å². The van der Waals surface area contributed by atoms with Crippen LogP contribution in [0, 0.1) is 11.6 Å². The number of halogens is 3. The fraction of sp³-hybridized carbons (Fsp3) is 0.400. The molecule has 1 aliphatic rings. The van der Waals surface area contributed by atoms with Gasteiger partial charge in [0, 0.05) is 23.6 Å². The molecule has 0 spiro atoms. The molecule has 18 heavy (non-hydrogen) atoms. The first-order valence-corrected chi connectivity index (χ1v) is 7.38. The number of β-amino-alcohol motifs (C(OH)–C–C–N with tert-alkyl or cyclic N) is 1. The Labute approximate surface area is 111 Å². The minimum Gasteiger partial charge on any atom is -0.392 e. The van der Waals surface area contributed by atoms with Gasteiger partial charge in [-0.1, -0.05) is 0 Å². The van der Waals surface area contributed by atoms with Gasteiger partial charge in [0.25, 0.3) is 0 Å². The van der Waals surface area contributed by atoms with Crippen molar-refractivity contribution in [3.05, 3.63) is 28.2 Å². The van der Waals surface area contributed by atoms with E-state index < -0.39 is 32.7 Å². The van der Waals surface area contributed by atoms with Crippen molar-refractivity contribution in [2.45, 2.75) is 17.4 Å². The van der Waals surface area contributed by atoms with Gasteiger partial charge in [0.1, 0.15) is 16.5 Å². The highest BCUT2D eigenvalue weighted by Crippen LogP contribution is 2.30. The highest BCUT2D eigenvalue weighted by Gasteiger charge is 2.35. The van der Waals surface area contributed by atoms with Crippen LogP contribution in [0.2, 0.25) is 0 Å². The Morgan fingerprint density at radius 1 is 1.39 bits per heavy atom. The zero-order valence-corrected chi connectivity index (χ0v) is 11.5. The van der Waals surface area contributed by atoms with E-state index in [2.05, 4.69) is 15.9 Å². The topological polar surface area (TPSA) is 57.6 Å². The van der Waals surface area contributed by atoms with Gasteiger partial charge in [-0.05, 0) is 28.4 Å². The summed E-state index contributed by atoms with van der Waals surface area (Å²) in [6.07, 6.45) is -0.443. The molecule has 1 aromatic carbocycles. The molecule has 2 rings (SSSR count). The smallest absolute Gasteiger partial charge is 0.247 e. The molecule has 8 heteroatoms. The second-order valence-electron chi connectivity index (χ2n) is 4.00. The van der Waals surface area contributed by atoms with Crippen LogP contribution in [0.3, 0.4) is 0 Å². The number of hydrogen-bond acceptors (Lipinski definition) is 3. The summed E-state index contributed by atoms with van der Waals surface area (Å²) in [5.41, 5.74) is 0. The second kappa shape index (κ2) is 4.84. The van der Waals surface area contributed by atoms with Crippen LogP contribution in [0.15, 0.2) is 21.5 Å². The van der Waals surface area contributed by atoms with Gasteiger partial charge < -0.3 is 5.11 Å². The first-order valence-electron chi connectivity index (χ1n) is 5.15. The van der Waals surface area contributed by atoms with E-state index >= 15 is 0 Å². The van der Waals surface area contributed by atoms with Crippen LogP contribution < -0.4 is 0 Å². The molecule has 1 aliphatic heterocycles. The molecular weight excluding hydrogens is 332 g/mol. The van der Waals surface area contributed by atoms with Crippen LogP contribution in [0.1, 0.15) is 6.42 Å². The van der Waals surface area contributed by atoms with Crippen molar-refractivity contribution in [2.75, 3.05) is 13.1 Å². The van der Waals surface area contributed by atoms with Gasteiger partial charge in [-0.25, -0.2) is 17.2 Å². The highest BCUT2D eigenvalue weighted by atomic mass is 79.9. The lowest BCUT2D eigenvalue weighted by atomic mass is 10.3. The van der Waals surface area contributed by atoms with Gasteiger partial charge in [0.15, 0.2) is 0 Å². The van der Waals surface area contributed by atoms with Crippen molar-refractivity contribution in [1.82, 2.24) is 4.31 Å². The summed E-state index contributed by atoms with van der Waals surface area (Å²) in [6, 6.07) is 1.41. The standard InChI is InChI=1S/C10H10BrF2NO3S/c11-8-3-6(12)4-9(13)10(8)18(16,17)14-2-1-7(15)5-14/h3-4,7,15H,1-2,5H2/t7-/m0/s1. The fourth-order valence-electron chi connectivity index (χ4n) is 1.83. The Bertz CT molecular complexity index is 555. The lowest BCUT2D eigenvalue weighted by Crippen LogP contribution is -2.30. The normalized spacial score (nSPS) is 21.4. The Morgan fingerprint density at radius 3 is 2.56 bits per heavy atom. The summed E-state index contributed by atoms with van der Waals surface area (Å²) in [6.45, 7) is 0.0400. The van der Waals surface area contributed by atoms with Crippen molar-refractivity contribution in [1.29, 1.82) is 0 Å². The third-order valence-corrected chi connectivity index (χ3v) is 5.52. The van der Waals surface area contributed by atoms with Crippen molar-refractivity contribution in [2.24, 2.45) is 0 Å². The minimum atomic E-state index is -4.06. The van der Waals surface area contributed by atoms with Crippen molar-refractivity contribution in [3.8, 4) is 0 Å².